The molecule has 0 aromatic carbocycles. The van der Waals surface area contributed by atoms with Gasteiger partial charge in [-0.25, -0.2) is 13.8 Å². The number of aromatic nitrogens is 1. The van der Waals surface area contributed by atoms with Crippen LogP contribution in [0.2, 0.25) is 5.02 Å². The Balaban J connectivity index is 2.91. The highest BCUT2D eigenvalue weighted by atomic mass is 79.9. The maximum atomic E-state index is 12.5. The molecule has 3 nitrogen and oxygen atoms in total. The Morgan fingerprint density at radius 1 is 1.47 bits per heavy atom. The number of hydrogen-bond donors (Lipinski definition) is 1. The van der Waals surface area contributed by atoms with Gasteiger partial charge in [-0.1, -0.05) is 11.6 Å². The number of nitrogen functional groups attached to an aromatic ring is 1. The molecule has 1 aromatic heterocycles. The molecule has 0 radical (unpaired) electrons. The number of pyridine rings is 1. The lowest BCUT2D eigenvalue weighted by molar-refractivity contribution is -0.0690. The molecule has 0 bridgehead atoms. The summed E-state index contributed by atoms with van der Waals surface area (Å²) in [4.78, 5) is 3.56. The molecule has 1 heterocycles. The first-order valence-corrected chi connectivity index (χ1v) is 4.79. The van der Waals surface area contributed by atoms with Crippen LogP contribution >= 0.6 is 27.5 Å². The molecule has 84 valence electrons. The average molecular weight is 305 g/mol. The van der Waals surface area contributed by atoms with Crippen molar-refractivity contribution in [2.45, 2.75) is 12.8 Å². The van der Waals surface area contributed by atoms with Crippen LogP contribution in [0.25, 0.3) is 0 Å². The smallest absolute Gasteiger partial charge is 0.304 e. The minimum atomic E-state index is -3.26. The second-order valence-corrected chi connectivity index (χ2v) is 3.62. The number of nitrogens with two attached hydrogens (primary N) is 1. The summed E-state index contributed by atoms with van der Waals surface area (Å²) >= 11 is 8.47. The predicted molar refractivity (Wildman–Crippen MR) is 52.9 cm³/mol. The van der Waals surface area contributed by atoms with Gasteiger partial charge in [-0.2, -0.15) is 4.39 Å². The number of hydrogen-bond acceptors (Lipinski definition) is 3. The van der Waals surface area contributed by atoms with Gasteiger partial charge in [0.25, 0.3) is 6.36 Å². The summed E-state index contributed by atoms with van der Waals surface area (Å²) in [5.74, 6) is -0.439. The molecule has 0 aliphatic carbocycles. The van der Waals surface area contributed by atoms with E-state index in [2.05, 4.69) is 25.7 Å². The van der Waals surface area contributed by atoms with Crippen molar-refractivity contribution in [2.24, 2.45) is 0 Å². The minimum absolute atomic E-state index is 0.140. The summed E-state index contributed by atoms with van der Waals surface area (Å²) < 4.78 is 40.5. The molecule has 1 unspecified atom stereocenters. The van der Waals surface area contributed by atoms with Gasteiger partial charge in [0.05, 0.1) is 5.69 Å². The lowest BCUT2D eigenvalue weighted by Gasteiger charge is -2.11. The van der Waals surface area contributed by atoms with Gasteiger partial charge in [0.1, 0.15) is 9.63 Å². The zero-order valence-electron chi connectivity index (χ0n) is 7.05. The third-order valence-corrected chi connectivity index (χ3v) is 2.25. The molecule has 8 heteroatoms. The summed E-state index contributed by atoms with van der Waals surface area (Å²) in [6.07, 6.45) is -6.04. The summed E-state index contributed by atoms with van der Waals surface area (Å²) in [7, 11) is 0. The fraction of sp³-hybridized carbons (Fsp3) is 0.286. The minimum Gasteiger partial charge on any atom is -0.436 e. The van der Waals surface area contributed by atoms with Crippen LogP contribution < -0.4 is 10.5 Å². The normalized spacial score (nSPS) is 12.9. The molecule has 0 saturated heterocycles. The summed E-state index contributed by atoms with van der Waals surface area (Å²) in [5, 5.41) is -0.140. The van der Waals surface area contributed by atoms with Crippen LogP contribution in [0, 0.1) is 0 Å². The van der Waals surface area contributed by atoms with Crippen LogP contribution in [0.5, 0.6) is 5.88 Å². The predicted octanol–water partition coefficient (Wildman–Crippen LogP) is 3.02. The number of nitrogens with zero attached hydrogens (tertiary/aromatic N) is 1. The lowest BCUT2D eigenvalue weighted by atomic mass is 10.4. The zero-order chi connectivity index (χ0) is 11.6. The molecule has 0 amide bonds. The Morgan fingerprint density at radius 3 is 2.60 bits per heavy atom. The standard InChI is InChI=1S/C7H5BrClF3N2O/c8-4-3(13)1-2(9)7(14-4)15-6(12)5(10)11/h1,5-6H,13H2. The number of alkyl halides is 3. The van der Waals surface area contributed by atoms with Crippen molar-refractivity contribution >= 4 is 33.2 Å². The van der Waals surface area contributed by atoms with Crippen molar-refractivity contribution in [1.29, 1.82) is 0 Å². The third kappa shape index (κ3) is 3.13. The van der Waals surface area contributed by atoms with Gasteiger partial charge in [0, 0.05) is 0 Å². The molecule has 2 N–H and O–H groups in total. The molecule has 1 atom stereocenters. The molecule has 0 saturated carbocycles. The lowest BCUT2D eigenvalue weighted by Crippen LogP contribution is -2.20. The molecule has 1 aromatic rings. The molecule has 0 fully saturated rings. The third-order valence-electron chi connectivity index (χ3n) is 1.35. The molecular weight excluding hydrogens is 300 g/mol. The maximum absolute atomic E-state index is 12.5. The topological polar surface area (TPSA) is 48.1 Å². The van der Waals surface area contributed by atoms with E-state index in [1.807, 2.05) is 0 Å². The zero-order valence-corrected chi connectivity index (χ0v) is 9.40. The average Bonchev–Trinajstić information content (AvgIpc) is 2.13. The number of ether oxygens (including phenoxy) is 1. The van der Waals surface area contributed by atoms with E-state index in [1.54, 1.807) is 0 Å². The van der Waals surface area contributed by atoms with Gasteiger partial charge in [-0.05, 0) is 22.0 Å². The van der Waals surface area contributed by atoms with Crippen molar-refractivity contribution in [1.82, 2.24) is 4.98 Å². The molecule has 0 spiro atoms. The first-order valence-electron chi connectivity index (χ1n) is 3.62. The van der Waals surface area contributed by atoms with Crippen molar-refractivity contribution in [2.75, 3.05) is 5.73 Å². The fourth-order valence-electron chi connectivity index (χ4n) is 0.706. The highest BCUT2D eigenvalue weighted by molar-refractivity contribution is 9.10. The highest BCUT2D eigenvalue weighted by Gasteiger charge is 2.23. The van der Waals surface area contributed by atoms with E-state index in [1.165, 1.54) is 6.07 Å². The first kappa shape index (κ1) is 12.4. The van der Waals surface area contributed by atoms with Gasteiger partial charge in [-0.15, -0.1) is 0 Å². The number of rotatable bonds is 3. The van der Waals surface area contributed by atoms with Crippen LogP contribution in [0.1, 0.15) is 0 Å². The Bertz CT molecular complexity index is 366. The van der Waals surface area contributed by atoms with Crippen LogP contribution in [-0.4, -0.2) is 17.8 Å². The van der Waals surface area contributed by atoms with E-state index in [0.29, 0.717) is 0 Å². The SMILES string of the molecule is Nc1cc(Cl)c(OC(F)C(F)F)nc1Br. The fourth-order valence-corrected chi connectivity index (χ4v) is 1.19. The largest absolute Gasteiger partial charge is 0.436 e. The van der Waals surface area contributed by atoms with Gasteiger partial charge in [0.2, 0.25) is 5.88 Å². The van der Waals surface area contributed by atoms with Gasteiger partial charge in [-0.3, -0.25) is 0 Å². The summed E-state index contributed by atoms with van der Waals surface area (Å²) in [6, 6.07) is 1.21. The van der Waals surface area contributed by atoms with Gasteiger partial charge >= 0.3 is 6.43 Å². The van der Waals surface area contributed by atoms with Crippen molar-refractivity contribution in [3.8, 4) is 5.88 Å². The van der Waals surface area contributed by atoms with Crippen molar-refractivity contribution < 1.29 is 17.9 Å². The van der Waals surface area contributed by atoms with Crippen LogP contribution in [0.15, 0.2) is 10.7 Å². The van der Waals surface area contributed by atoms with E-state index < -0.39 is 18.7 Å². The van der Waals surface area contributed by atoms with Crippen LogP contribution in [0.4, 0.5) is 18.9 Å². The van der Waals surface area contributed by atoms with E-state index in [4.69, 9.17) is 17.3 Å². The Kier molecular flexibility index (Phi) is 4.04. The highest BCUT2D eigenvalue weighted by Crippen LogP contribution is 2.30. The molecule has 15 heavy (non-hydrogen) atoms. The monoisotopic (exact) mass is 304 g/mol. The van der Waals surface area contributed by atoms with Crippen molar-refractivity contribution in [3.05, 3.63) is 15.7 Å². The number of anilines is 1. The second-order valence-electron chi connectivity index (χ2n) is 2.46. The Labute approximate surface area is 96.5 Å². The molecular formula is C7H5BrClF3N2O. The van der Waals surface area contributed by atoms with E-state index in [9.17, 15) is 13.2 Å². The van der Waals surface area contributed by atoms with Crippen molar-refractivity contribution in [3.63, 3.8) is 0 Å². The van der Waals surface area contributed by atoms with E-state index >= 15 is 0 Å². The Hall–Kier alpha value is -0.690. The van der Waals surface area contributed by atoms with Crippen LogP contribution in [0.3, 0.4) is 0 Å². The molecule has 0 aliphatic rings. The Morgan fingerprint density at radius 2 is 2.07 bits per heavy atom. The van der Waals surface area contributed by atoms with E-state index in [0.717, 1.165) is 0 Å². The van der Waals surface area contributed by atoms with Gasteiger partial charge in [0.15, 0.2) is 0 Å². The summed E-state index contributed by atoms with van der Waals surface area (Å²) in [6.45, 7) is 0. The van der Waals surface area contributed by atoms with Gasteiger partial charge < -0.3 is 10.5 Å². The maximum Gasteiger partial charge on any atom is 0.304 e. The summed E-state index contributed by atoms with van der Waals surface area (Å²) in [5.41, 5.74) is 5.58. The second kappa shape index (κ2) is 4.89. The van der Waals surface area contributed by atoms with E-state index in [-0.39, 0.29) is 15.3 Å². The number of halogens is 5. The first-order chi connectivity index (χ1) is 6.91. The molecule has 1 rings (SSSR count). The quantitative estimate of drug-likeness (QED) is 0.873. The van der Waals surface area contributed by atoms with Crippen LogP contribution in [-0.2, 0) is 0 Å². The molecule has 0 aliphatic heterocycles.